The number of H-pyrrole nitrogens is 1. The van der Waals surface area contributed by atoms with Crippen molar-refractivity contribution in [3.63, 3.8) is 0 Å². The van der Waals surface area contributed by atoms with Crippen molar-refractivity contribution in [1.82, 2.24) is 15.2 Å². The van der Waals surface area contributed by atoms with Gasteiger partial charge in [-0.1, -0.05) is 11.6 Å². The summed E-state index contributed by atoms with van der Waals surface area (Å²) in [6.45, 7) is 1.80. The monoisotopic (exact) mass is 251 g/mol. The molecule has 0 bridgehead atoms. The molecule has 0 aliphatic carbocycles. The van der Waals surface area contributed by atoms with Gasteiger partial charge in [0.2, 0.25) is 0 Å². The van der Waals surface area contributed by atoms with Crippen LogP contribution in [0.3, 0.4) is 0 Å². The number of aryl methyl sites for hydroxylation is 1. The third kappa shape index (κ3) is 3.18. The molecule has 6 nitrogen and oxygen atoms in total. The van der Waals surface area contributed by atoms with Gasteiger partial charge in [0, 0.05) is 17.4 Å². The Hall–Kier alpha value is -2.08. The average Bonchev–Trinajstić information content (AvgIpc) is 2.67. The highest BCUT2D eigenvalue weighted by atomic mass is 35.5. The summed E-state index contributed by atoms with van der Waals surface area (Å²) in [4.78, 5) is 15.6. The molecule has 2 amide bonds. The fourth-order valence-electron chi connectivity index (χ4n) is 1.31. The molecular weight excluding hydrogens is 242 g/mol. The lowest BCUT2D eigenvalue weighted by molar-refractivity contribution is 0.262. The molecule has 0 saturated carbocycles. The van der Waals surface area contributed by atoms with E-state index < -0.39 is 0 Å². The minimum atomic E-state index is -0.379. The van der Waals surface area contributed by atoms with Crippen LogP contribution in [0.1, 0.15) is 5.69 Å². The smallest absolute Gasteiger partial charge is 0.308 e. The van der Waals surface area contributed by atoms with Crippen molar-refractivity contribution in [1.29, 1.82) is 0 Å². The highest BCUT2D eigenvalue weighted by Gasteiger charge is 2.04. The Balaban J connectivity index is 2.03. The number of pyridine rings is 1. The van der Waals surface area contributed by atoms with Crippen LogP contribution < -0.4 is 10.6 Å². The largest absolute Gasteiger partial charge is 0.324 e. The standard InChI is InChI=1S/C10H10ClN5O/c1-6-4-7(5-8(11)13-6)14-10(17)15-9-2-3-12-16-9/h2-5H,1H3,(H3,12,13,14,15,16,17). The molecule has 0 spiro atoms. The lowest BCUT2D eigenvalue weighted by Gasteiger charge is -2.06. The van der Waals surface area contributed by atoms with Gasteiger partial charge in [-0.15, -0.1) is 0 Å². The topological polar surface area (TPSA) is 82.7 Å². The van der Waals surface area contributed by atoms with Crippen molar-refractivity contribution < 1.29 is 4.79 Å². The summed E-state index contributed by atoms with van der Waals surface area (Å²) in [7, 11) is 0. The molecule has 0 atom stereocenters. The number of hydrogen-bond acceptors (Lipinski definition) is 3. The first-order valence-electron chi connectivity index (χ1n) is 4.85. The number of aromatic nitrogens is 3. The van der Waals surface area contributed by atoms with E-state index in [1.165, 1.54) is 0 Å². The van der Waals surface area contributed by atoms with Crippen LogP contribution in [0.15, 0.2) is 24.4 Å². The van der Waals surface area contributed by atoms with E-state index in [9.17, 15) is 4.79 Å². The highest BCUT2D eigenvalue weighted by molar-refractivity contribution is 6.29. The first-order valence-corrected chi connectivity index (χ1v) is 5.23. The molecule has 88 valence electrons. The second kappa shape index (κ2) is 4.84. The van der Waals surface area contributed by atoms with E-state index in [4.69, 9.17) is 11.6 Å². The molecule has 7 heteroatoms. The quantitative estimate of drug-likeness (QED) is 0.717. The molecule has 0 unspecified atom stereocenters. The van der Waals surface area contributed by atoms with Crippen LogP contribution in [-0.4, -0.2) is 21.2 Å². The zero-order valence-electron chi connectivity index (χ0n) is 8.99. The summed E-state index contributed by atoms with van der Waals surface area (Å²) < 4.78 is 0. The maximum atomic E-state index is 11.6. The number of nitrogens with one attached hydrogen (secondary N) is 3. The van der Waals surface area contributed by atoms with Crippen LogP contribution in [0.4, 0.5) is 16.3 Å². The van der Waals surface area contributed by atoms with Crippen LogP contribution in [0.25, 0.3) is 0 Å². The van der Waals surface area contributed by atoms with Crippen LogP contribution >= 0.6 is 11.6 Å². The first kappa shape index (κ1) is 11.4. The Labute approximate surface area is 102 Å². The second-order valence-electron chi connectivity index (χ2n) is 3.37. The number of aromatic amines is 1. The lowest BCUT2D eigenvalue weighted by atomic mass is 10.3. The molecule has 3 N–H and O–H groups in total. The number of amides is 2. The van der Waals surface area contributed by atoms with Crippen LogP contribution in [0, 0.1) is 6.92 Å². The van der Waals surface area contributed by atoms with E-state index in [2.05, 4.69) is 25.8 Å². The van der Waals surface area contributed by atoms with Crippen LogP contribution in [0.2, 0.25) is 5.15 Å². The van der Waals surface area contributed by atoms with E-state index in [-0.39, 0.29) is 6.03 Å². The fraction of sp³-hybridized carbons (Fsp3) is 0.100. The summed E-state index contributed by atoms with van der Waals surface area (Å²) in [5.41, 5.74) is 1.31. The molecular formula is C10H10ClN5O. The number of nitrogens with zero attached hydrogens (tertiary/aromatic N) is 2. The predicted octanol–water partition coefficient (Wildman–Crippen LogP) is 2.41. The molecule has 0 aliphatic rings. The summed E-state index contributed by atoms with van der Waals surface area (Å²) in [5.74, 6) is 0.513. The van der Waals surface area contributed by atoms with E-state index in [1.54, 1.807) is 31.3 Å². The first-order chi connectivity index (χ1) is 8.13. The Morgan fingerprint density at radius 3 is 2.88 bits per heavy atom. The minimum Gasteiger partial charge on any atom is -0.308 e. The van der Waals surface area contributed by atoms with Crippen molar-refractivity contribution in [2.45, 2.75) is 6.92 Å². The number of carbonyl (C=O) groups is 1. The predicted molar refractivity (Wildman–Crippen MR) is 65.2 cm³/mol. The number of hydrogen-bond donors (Lipinski definition) is 3. The zero-order chi connectivity index (χ0) is 12.3. The van der Waals surface area contributed by atoms with Gasteiger partial charge in [0.15, 0.2) is 0 Å². The molecule has 0 aliphatic heterocycles. The molecule has 2 aromatic rings. The molecule has 2 heterocycles. The summed E-state index contributed by atoms with van der Waals surface area (Å²) in [6, 6.07) is 4.56. The van der Waals surface area contributed by atoms with Crippen molar-refractivity contribution in [3.8, 4) is 0 Å². The Bertz CT molecular complexity index is 505. The lowest BCUT2D eigenvalue weighted by Crippen LogP contribution is -2.19. The second-order valence-corrected chi connectivity index (χ2v) is 3.76. The van der Waals surface area contributed by atoms with Gasteiger partial charge in [-0.05, 0) is 19.1 Å². The van der Waals surface area contributed by atoms with Gasteiger partial charge in [0.1, 0.15) is 11.0 Å². The highest BCUT2D eigenvalue weighted by Crippen LogP contribution is 2.15. The van der Waals surface area contributed by atoms with E-state index in [1.807, 2.05) is 0 Å². The maximum absolute atomic E-state index is 11.6. The van der Waals surface area contributed by atoms with E-state index in [0.29, 0.717) is 16.7 Å². The van der Waals surface area contributed by atoms with Crippen molar-refractivity contribution >= 4 is 29.1 Å². The number of halogens is 1. The van der Waals surface area contributed by atoms with Gasteiger partial charge < -0.3 is 5.32 Å². The number of rotatable bonds is 2. The van der Waals surface area contributed by atoms with Crippen molar-refractivity contribution in [2.75, 3.05) is 10.6 Å². The Morgan fingerprint density at radius 2 is 2.24 bits per heavy atom. The molecule has 17 heavy (non-hydrogen) atoms. The van der Waals surface area contributed by atoms with Crippen molar-refractivity contribution in [2.24, 2.45) is 0 Å². The summed E-state index contributed by atoms with van der Waals surface area (Å²) in [5, 5.41) is 11.9. The van der Waals surface area contributed by atoms with Crippen LogP contribution in [-0.2, 0) is 0 Å². The van der Waals surface area contributed by atoms with Crippen molar-refractivity contribution in [3.05, 3.63) is 35.2 Å². The van der Waals surface area contributed by atoms with Crippen LogP contribution in [0.5, 0.6) is 0 Å². The third-order valence-corrected chi connectivity index (χ3v) is 2.12. The van der Waals surface area contributed by atoms with Gasteiger partial charge >= 0.3 is 6.03 Å². The Kier molecular flexibility index (Phi) is 3.24. The van der Waals surface area contributed by atoms with Gasteiger partial charge in [-0.3, -0.25) is 10.4 Å². The normalized spacial score (nSPS) is 10.0. The fourth-order valence-corrected chi connectivity index (χ4v) is 1.56. The molecule has 0 saturated heterocycles. The van der Waals surface area contributed by atoms with Gasteiger partial charge in [-0.2, -0.15) is 5.10 Å². The molecule has 0 aromatic carbocycles. The number of carbonyl (C=O) groups excluding carboxylic acids is 1. The van der Waals surface area contributed by atoms with Gasteiger partial charge in [-0.25, -0.2) is 9.78 Å². The molecule has 2 aromatic heterocycles. The van der Waals surface area contributed by atoms with Gasteiger partial charge in [0.25, 0.3) is 0 Å². The SMILES string of the molecule is Cc1cc(NC(=O)Nc2ccn[nH]2)cc(Cl)n1. The average molecular weight is 252 g/mol. The molecule has 0 radical (unpaired) electrons. The number of urea groups is 1. The van der Waals surface area contributed by atoms with Gasteiger partial charge in [0.05, 0.1) is 6.20 Å². The van der Waals surface area contributed by atoms with E-state index in [0.717, 1.165) is 5.69 Å². The maximum Gasteiger partial charge on any atom is 0.324 e. The summed E-state index contributed by atoms with van der Waals surface area (Å²) in [6.07, 6.45) is 1.54. The third-order valence-electron chi connectivity index (χ3n) is 1.93. The van der Waals surface area contributed by atoms with E-state index >= 15 is 0 Å². The number of anilines is 2. The molecule has 2 rings (SSSR count). The molecule has 0 fully saturated rings. The summed E-state index contributed by atoms with van der Waals surface area (Å²) >= 11 is 5.78. The zero-order valence-corrected chi connectivity index (χ0v) is 9.75. The minimum absolute atomic E-state index is 0.335. The Morgan fingerprint density at radius 1 is 1.41 bits per heavy atom.